The van der Waals surface area contributed by atoms with Crippen molar-refractivity contribution in [3.05, 3.63) is 16.9 Å². The largest absolute Gasteiger partial charge is 0.376 e. The van der Waals surface area contributed by atoms with Crippen molar-refractivity contribution in [1.29, 1.82) is 0 Å². The number of hydrogen-bond acceptors (Lipinski definition) is 3. The predicted octanol–water partition coefficient (Wildman–Crippen LogP) is 3.02. The van der Waals surface area contributed by atoms with E-state index in [4.69, 9.17) is 16.3 Å². The summed E-state index contributed by atoms with van der Waals surface area (Å²) in [4.78, 5) is 0. The first-order valence-corrected chi connectivity index (χ1v) is 6.85. The number of halogens is 1. The maximum absolute atomic E-state index is 6.30. The maximum atomic E-state index is 6.30. The van der Waals surface area contributed by atoms with Crippen LogP contribution in [-0.2, 0) is 11.3 Å². The molecule has 4 nitrogen and oxygen atoms in total. The van der Waals surface area contributed by atoms with Crippen LogP contribution in [0.5, 0.6) is 0 Å². The summed E-state index contributed by atoms with van der Waals surface area (Å²) in [6, 6.07) is 0.0223. The second kappa shape index (κ2) is 6.55. The van der Waals surface area contributed by atoms with Gasteiger partial charge >= 0.3 is 0 Å². The lowest BCUT2D eigenvalue weighted by atomic mass is 9.90. The highest BCUT2D eigenvalue weighted by Gasteiger charge is 2.36. The van der Waals surface area contributed by atoms with Crippen LogP contribution >= 0.6 is 11.6 Å². The topological polar surface area (TPSA) is 39.1 Å². The second-order valence-corrected chi connectivity index (χ2v) is 5.10. The van der Waals surface area contributed by atoms with Crippen LogP contribution in [0.3, 0.4) is 0 Å². The average Bonchev–Trinajstić information content (AvgIpc) is 2.73. The third-order valence-electron chi connectivity index (χ3n) is 3.61. The molecule has 1 heterocycles. The number of nitrogens with zero attached hydrogens (tertiary/aromatic N) is 2. The first-order valence-electron chi connectivity index (χ1n) is 6.47. The van der Waals surface area contributed by atoms with Gasteiger partial charge in [0.25, 0.3) is 0 Å². The summed E-state index contributed by atoms with van der Waals surface area (Å²) in [5.74, 6) is 0. The Kier molecular flexibility index (Phi) is 5.63. The van der Waals surface area contributed by atoms with Crippen LogP contribution in [-0.4, -0.2) is 29.5 Å². The highest BCUT2D eigenvalue weighted by atomic mass is 35.5. The number of nitrogens with one attached hydrogen (secondary N) is 1. The van der Waals surface area contributed by atoms with Crippen LogP contribution in [0.2, 0.25) is 5.02 Å². The number of ether oxygens (including phenoxy) is 1. The molecule has 0 aliphatic carbocycles. The quantitative estimate of drug-likeness (QED) is 0.830. The SMILES string of the molecule is CCCn1ncc(Cl)c1C(NC)C(C)(CC)OC. The molecule has 104 valence electrons. The lowest BCUT2D eigenvalue weighted by Crippen LogP contribution is -2.42. The Morgan fingerprint density at radius 3 is 2.67 bits per heavy atom. The summed E-state index contributed by atoms with van der Waals surface area (Å²) in [5.41, 5.74) is 0.705. The van der Waals surface area contributed by atoms with E-state index in [-0.39, 0.29) is 11.6 Å². The van der Waals surface area contributed by atoms with Crippen LogP contribution in [0.25, 0.3) is 0 Å². The van der Waals surface area contributed by atoms with Gasteiger partial charge in [-0.1, -0.05) is 25.4 Å². The first-order chi connectivity index (χ1) is 8.53. The van der Waals surface area contributed by atoms with E-state index in [9.17, 15) is 0 Å². The van der Waals surface area contributed by atoms with E-state index >= 15 is 0 Å². The van der Waals surface area contributed by atoms with Crippen LogP contribution in [0.4, 0.5) is 0 Å². The van der Waals surface area contributed by atoms with Gasteiger partial charge in [0.1, 0.15) is 0 Å². The zero-order valence-corrected chi connectivity index (χ0v) is 12.7. The molecule has 2 unspecified atom stereocenters. The third kappa shape index (κ3) is 2.87. The van der Waals surface area contributed by atoms with Gasteiger partial charge in [-0.05, 0) is 26.8 Å². The monoisotopic (exact) mass is 273 g/mol. The standard InChI is InChI=1S/C13H24ClN3O/c1-6-8-17-11(10(14)9-16-17)12(15-4)13(3,7-2)18-5/h9,12,15H,6-8H2,1-5H3. The fraction of sp³-hybridized carbons (Fsp3) is 0.769. The van der Waals surface area contributed by atoms with Crippen molar-refractivity contribution in [2.24, 2.45) is 0 Å². The predicted molar refractivity (Wildman–Crippen MR) is 75.0 cm³/mol. The Bertz CT molecular complexity index is 374. The molecule has 0 aromatic carbocycles. The average molecular weight is 274 g/mol. The number of rotatable bonds is 7. The number of aryl methyl sites for hydroxylation is 1. The summed E-state index contributed by atoms with van der Waals surface area (Å²) in [5, 5.41) is 8.36. The van der Waals surface area contributed by atoms with E-state index in [0.717, 1.165) is 25.1 Å². The molecule has 0 radical (unpaired) electrons. The number of methoxy groups -OCH3 is 1. The van der Waals surface area contributed by atoms with Crippen molar-refractivity contribution < 1.29 is 4.74 Å². The number of aromatic nitrogens is 2. The number of hydrogen-bond donors (Lipinski definition) is 1. The summed E-state index contributed by atoms with van der Waals surface area (Å²) < 4.78 is 7.66. The normalized spacial score (nSPS) is 16.6. The molecule has 0 aliphatic heterocycles. The van der Waals surface area contributed by atoms with E-state index < -0.39 is 0 Å². The van der Waals surface area contributed by atoms with Crippen LogP contribution in [0, 0.1) is 0 Å². The number of likely N-dealkylation sites (N-methyl/N-ethyl adjacent to an activating group) is 1. The molecule has 0 aliphatic rings. The van der Waals surface area contributed by atoms with E-state index in [2.05, 4.69) is 31.2 Å². The molecule has 0 amide bonds. The Hall–Kier alpha value is -0.580. The molecule has 1 N–H and O–H groups in total. The van der Waals surface area contributed by atoms with Crippen molar-refractivity contribution in [1.82, 2.24) is 15.1 Å². The Labute approximate surface area is 115 Å². The van der Waals surface area contributed by atoms with Crippen LogP contribution in [0.1, 0.15) is 45.3 Å². The molecule has 1 aromatic heterocycles. The zero-order valence-electron chi connectivity index (χ0n) is 12.0. The van der Waals surface area contributed by atoms with E-state index in [0.29, 0.717) is 5.02 Å². The fourth-order valence-electron chi connectivity index (χ4n) is 2.25. The van der Waals surface area contributed by atoms with Crippen molar-refractivity contribution in [2.75, 3.05) is 14.2 Å². The molecule has 0 bridgehead atoms. The van der Waals surface area contributed by atoms with Gasteiger partial charge in [-0.2, -0.15) is 5.10 Å². The highest BCUT2D eigenvalue weighted by Crippen LogP contribution is 2.35. The molecule has 18 heavy (non-hydrogen) atoms. The van der Waals surface area contributed by atoms with Gasteiger partial charge < -0.3 is 10.1 Å². The van der Waals surface area contributed by atoms with Gasteiger partial charge in [-0.3, -0.25) is 4.68 Å². The summed E-state index contributed by atoms with van der Waals surface area (Å²) in [6.45, 7) is 7.20. The van der Waals surface area contributed by atoms with Gasteiger partial charge in [-0.15, -0.1) is 0 Å². The molecule has 0 spiro atoms. The molecule has 5 heteroatoms. The van der Waals surface area contributed by atoms with Crippen molar-refractivity contribution in [2.45, 2.75) is 51.8 Å². The second-order valence-electron chi connectivity index (χ2n) is 4.69. The van der Waals surface area contributed by atoms with E-state index in [1.54, 1.807) is 13.3 Å². The third-order valence-corrected chi connectivity index (χ3v) is 3.90. The minimum absolute atomic E-state index is 0.0223. The summed E-state index contributed by atoms with van der Waals surface area (Å²) in [6.07, 6.45) is 3.63. The molecule has 0 fully saturated rings. The molecule has 2 atom stereocenters. The van der Waals surface area contributed by atoms with Gasteiger partial charge in [0.05, 0.1) is 28.6 Å². The first kappa shape index (κ1) is 15.5. The van der Waals surface area contributed by atoms with E-state index in [1.165, 1.54) is 0 Å². The summed E-state index contributed by atoms with van der Waals surface area (Å²) in [7, 11) is 3.67. The summed E-state index contributed by atoms with van der Waals surface area (Å²) >= 11 is 6.30. The molecule has 0 saturated heterocycles. The van der Waals surface area contributed by atoms with Gasteiger partial charge in [-0.25, -0.2) is 0 Å². The Balaban J connectivity index is 3.19. The fourth-order valence-corrected chi connectivity index (χ4v) is 2.50. The van der Waals surface area contributed by atoms with Crippen molar-refractivity contribution >= 4 is 11.6 Å². The molecule has 1 rings (SSSR count). The maximum Gasteiger partial charge on any atom is 0.0857 e. The lowest BCUT2D eigenvalue weighted by Gasteiger charge is -2.36. The van der Waals surface area contributed by atoms with Gasteiger partial charge in [0.2, 0.25) is 0 Å². The lowest BCUT2D eigenvalue weighted by molar-refractivity contribution is -0.0302. The minimum Gasteiger partial charge on any atom is -0.376 e. The van der Waals surface area contributed by atoms with Crippen LogP contribution in [0.15, 0.2) is 6.20 Å². The molecule has 1 aromatic rings. The van der Waals surface area contributed by atoms with Gasteiger partial charge in [0.15, 0.2) is 0 Å². The Morgan fingerprint density at radius 1 is 1.56 bits per heavy atom. The minimum atomic E-state index is -0.302. The molecule has 0 saturated carbocycles. The smallest absolute Gasteiger partial charge is 0.0857 e. The molecular formula is C13H24ClN3O. The van der Waals surface area contributed by atoms with Crippen molar-refractivity contribution in [3.63, 3.8) is 0 Å². The van der Waals surface area contributed by atoms with Gasteiger partial charge in [0, 0.05) is 13.7 Å². The van der Waals surface area contributed by atoms with E-state index in [1.807, 2.05) is 11.7 Å². The van der Waals surface area contributed by atoms with Crippen molar-refractivity contribution in [3.8, 4) is 0 Å². The highest BCUT2D eigenvalue weighted by molar-refractivity contribution is 6.31. The molecular weight excluding hydrogens is 250 g/mol. The zero-order chi connectivity index (χ0) is 13.8. The van der Waals surface area contributed by atoms with Crippen LogP contribution < -0.4 is 5.32 Å². The Morgan fingerprint density at radius 2 is 2.22 bits per heavy atom.